The second-order valence-corrected chi connectivity index (χ2v) is 8.50. The average molecular weight is 427 g/mol. The van der Waals surface area contributed by atoms with Crippen LogP contribution in [0.1, 0.15) is 28.8 Å². The minimum absolute atomic E-state index is 0.0227. The van der Waals surface area contributed by atoms with E-state index in [1.807, 2.05) is 22.1 Å². The molecule has 7 heteroatoms. The zero-order valence-electron chi connectivity index (χ0n) is 17.0. The van der Waals surface area contributed by atoms with Gasteiger partial charge in [0.2, 0.25) is 5.91 Å². The second-order valence-electron chi connectivity index (χ2n) is 8.06. The Balaban J connectivity index is 1.30. The summed E-state index contributed by atoms with van der Waals surface area (Å²) in [5.74, 6) is 0.0509. The van der Waals surface area contributed by atoms with Crippen LogP contribution in [0.5, 0.6) is 0 Å². The molecule has 2 saturated heterocycles. The van der Waals surface area contributed by atoms with Crippen molar-refractivity contribution < 1.29 is 9.59 Å². The van der Waals surface area contributed by atoms with Crippen LogP contribution in [0, 0.1) is 5.92 Å². The molecule has 158 valence electrons. The van der Waals surface area contributed by atoms with Gasteiger partial charge in [0.1, 0.15) is 0 Å². The number of aromatic nitrogens is 1. The summed E-state index contributed by atoms with van der Waals surface area (Å²) in [5, 5.41) is 0.612. The van der Waals surface area contributed by atoms with Gasteiger partial charge in [-0.25, -0.2) is 0 Å². The summed E-state index contributed by atoms with van der Waals surface area (Å²) in [6, 6.07) is 11.0. The van der Waals surface area contributed by atoms with Gasteiger partial charge in [0.25, 0.3) is 5.91 Å². The quantitative estimate of drug-likeness (QED) is 0.754. The number of piperazine rings is 1. The van der Waals surface area contributed by atoms with E-state index in [4.69, 9.17) is 11.6 Å². The van der Waals surface area contributed by atoms with Crippen molar-refractivity contribution in [2.24, 2.45) is 5.92 Å². The maximum Gasteiger partial charge on any atom is 0.253 e. The number of hydrogen-bond donors (Lipinski definition) is 0. The number of piperidine rings is 1. The minimum Gasteiger partial charge on any atom is -0.340 e. The van der Waals surface area contributed by atoms with Crippen molar-refractivity contribution in [3.05, 3.63) is 64.9 Å². The first-order valence-electron chi connectivity index (χ1n) is 10.5. The minimum atomic E-state index is -0.111. The van der Waals surface area contributed by atoms with Crippen LogP contribution in [0.3, 0.4) is 0 Å². The molecule has 1 aromatic carbocycles. The summed E-state index contributed by atoms with van der Waals surface area (Å²) in [4.78, 5) is 36.2. The molecule has 3 heterocycles. The molecule has 0 radical (unpaired) electrons. The number of hydrogen-bond acceptors (Lipinski definition) is 4. The number of nitrogens with zero attached hydrogens (tertiary/aromatic N) is 4. The molecule has 2 aromatic rings. The zero-order chi connectivity index (χ0) is 20.9. The molecule has 1 unspecified atom stereocenters. The van der Waals surface area contributed by atoms with E-state index in [0.717, 1.165) is 45.6 Å². The smallest absolute Gasteiger partial charge is 0.253 e. The highest BCUT2D eigenvalue weighted by Crippen LogP contribution is 2.22. The maximum atomic E-state index is 13.1. The first kappa shape index (κ1) is 20.8. The number of halogens is 1. The highest BCUT2D eigenvalue weighted by molar-refractivity contribution is 6.30. The molecule has 0 bridgehead atoms. The molecule has 0 spiro atoms. The monoisotopic (exact) mass is 426 g/mol. The average Bonchev–Trinajstić information content (AvgIpc) is 2.80. The van der Waals surface area contributed by atoms with Crippen LogP contribution < -0.4 is 0 Å². The van der Waals surface area contributed by atoms with Gasteiger partial charge in [0.15, 0.2) is 0 Å². The number of benzene rings is 1. The molecule has 0 saturated carbocycles. The number of carbonyl (C=O) groups excluding carboxylic acids is 2. The maximum absolute atomic E-state index is 13.1. The van der Waals surface area contributed by atoms with Gasteiger partial charge in [-0.3, -0.25) is 19.5 Å². The van der Waals surface area contributed by atoms with E-state index < -0.39 is 0 Å². The normalized spacial score (nSPS) is 20.2. The van der Waals surface area contributed by atoms with E-state index in [1.54, 1.807) is 30.5 Å². The molecule has 0 N–H and O–H groups in total. The summed E-state index contributed by atoms with van der Waals surface area (Å²) in [6.07, 6.45) is 5.38. The fourth-order valence-electron chi connectivity index (χ4n) is 4.27. The molecule has 2 aliphatic rings. The number of pyridine rings is 1. The van der Waals surface area contributed by atoms with Crippen LogP contribution in [0.2, 0.25) is 5.02 Å². The van der Waals surface area contributed by atoms with E-state index in [2.05, 4.69) is 16.0 Å². The molecule has 6 nitrogen and oxygen atoms in total. The molecule has 1 aromatic heterocycles. The van der Waals surface area contributed by atoms with E-state index in [0.29, 0.717) is 23.7 Å². The van der Waals surface area contributed by atoms with Crippen LogP contribution in [0.25, 0.3) is 0 Å². The van der Waals surface area contributed by atoms with Crippen molar-refractivity contribution in [1.82, 2.24) is 19.7 Å². The van der Waals surface area contributed by atoms with E-state index in [1.165, 1.54) is 5.56 Å². The van der Waals surface area contributed by atoms with Crippen molar-refractivity contribution in [2.45, 2.75) is 19.4 Å². The SMILES string of the molecule is O=C(c1ccc(Cl)cc1)N1CCCC(C(=O)N2CCN(Cc3cccnc3)CC2)C1. The number of carbonyl (C=O) groups is 2. The lowest BCUT2D eigenvalue weighted by Crippen LogP contribution is -2.52. The van der Waals surface area contributed by atoms with Crippen molar-refractivity contribution >= 4 is 23.4 Å². The first-order valence-corrected chi connectivity index (χ1v) is 10.9. The summed E-state index contributed by atoms with van der Waals surface area (Å²) >= 11 is 5.93. The third kappa shape index (κ3) is 4.99. The lowest BCUT2D eigenvalue weighted by atomic mass is 9.95. The van der Waals surface area contributed by atoms with Crippen LogP contribution in [0.15, 0.2) is 48.8 Å². The van der Waals surface area contributed by atoms with Gasteiger partial charge in [-0.1, -0.05) is 17.7 Å². The number of amides is 2. The van der Waals surface area contributed by atoms with E-state index in [-0.39, 0.29) is 17.7 Å². The lowest BCUT2D eigenvalue weighted by molar-refractivity contribution is -0.138. The number of likely N-dealkylation sites (tertiary alicyclic amines) is 1. The molecule has 0 aliphatic carbocycles. The predicted octanol–water partition coefficient (Wildman–Crippen LogP) is 2.93. The molecule has 2 fully saturated rings. The summed E-state index contributed by atoms with van der Waals surface area (Å²) in [6.45, 7) is 5.26. The van der Waals surface area contributed by atoms with Gasteiger partial charge in [-0.15, -0.1) is 0 Å². The Labute approximate surface area is 182 Å². The van der Waals surface area contributed by atoms with Crippen molar-refractivity contribution in [3.63, 3.8) is 0 Å². The van der Waals surface area contributed by atoms with E-state index >= 15 is 0 Å². The van der Waals surface area contributed by atoms with Crippen molar-refractivity contribution in [1.29, 1.82) is 0 Å². The van der Waals surface area contributed by atoms with Crippen LogP contribution in [-0.4, -0.2) is 70.8 Å². The largest absolute Gasteiger partial charge is 0.340 e. The highest BCUT2D eigenvalue weighted by atomic mass is 35.5. The topological polar surface area (TPSA) is 56.8 Å². The molecule has 30 heavy (non-hydrogen) atoms. The van der Waals surface area contributed by atoms with Gasteiger partial charge in [-0.05, 0) is 48.7 Å². The standard InChI is InChI=1S/C23H27ClN4O2/c24-21-7-5-19(6-8-21)22(29)28-10-2-4-20(17-28)23(30)27-13-11-26(12-14-27)16-18-3-1-9-25-15-18/h1,3,5-9,15,20H,2,4,10-14,16-17H2. The Morgan fingerprint density at radius 3 is 2.47 bits per heavy atom. The van der Waals surface area contributed by atoms with Gasteiger partial charge in [-0.2, -0.15) is 0 Å². The Morgan fingerprint density at radius 2 is 1.77 bits per heavy atom. The summed E-state index contributed by atoms with van der Waals surface area (Å²) in [7, 11) is 0. The Hall–Kier alpha value is -2.44. The van der Waals surface area contributed by atoms with Crippen LogP contribution >= 0.6 is 11.6 Å². The van der Waals surface area contributed by atoms with Crippen molar-refractivity contribution in [2.75, 3.05) is 39.3 Å². The van der Waals surface area contributed by atoms with Gasteiger partial charge in [0.05, 0.1) is 5.92 Å². The highest BCUT2D eigenvalue weighted by Gasteiger charge is 2.32. The third-order valence-corrected chi connectivity index (χ3v) is 6.21. The fraction of sp³-hybridized carbons (Fsp3) is 0.435. The van der Waals surface area contributed by atoms with Gasteiger partial charge in [0, 0.05) is 68.8 Å². The van der Waals surface area contributed by atoms with Gasteiger partial charge < -0.3 is 9.80 Å². The molecule has 1 atom stereocenters. The molecule has 2 amide bonds. The zero-order valence-corrected chi connectivity index (χ0v) is 17.8. The van der Waals surface area contributed by atoms with E-state index in [9.17, 15) is 9.59 Å². The Bertz CT molecular complexity index is 867. The predicted molar refractivity (Wildman–Crippen MR) is 116 cm³/mol. The number of rotatable bonds is 4. The van der Waals surface area contributed by atoms with Crippen LogP contribution in [0.4, 0.5) is 0 Å². The first-order chi connectivity index (χ1) is 14.6. The van der Waals surface area contributed by atoms with Crippen LogP contribution in [-0.2, 0) is 11.3 Å². The Morgan fingerprint density at radius 1 is 1.00 bits per heavy atom. The van der Waals surface area contributed by atoms with Crippen molar-refractivity contribution in [3.8, 4) is 0 Å². The molecular weight excluding hydrogens is 400 g/mol. The third-order valence-electron chi connectivity index (χ3n) is 5.96. The fourth-order valence-corrected chi connectivity index (χ4v) is 4.40. The summed E-state index contributed by atoms with van der Waals surface area (Å²) < 4.78 is 0. The summed E-state index contributed by atoms with van der Waals surface area (Å²) in [5.41, 5.74) is 1.82. The Kier molecular flexibility index (Phi) is 6.65. The second kappa shape index (κ2) is 9.58. The molecular formula is C23H27ClN4O2. The van der Waals surface area contributed by atoms with Gasteiger partial charge >= 0.3 is 0 Å². The molecule has 2 aliphatic heterocycles. The lowest BCUT2D eigenvalue weighted by Gasteiger charge is -2.39. The molecule has 4 rings (SSSR count).